The van der Waals surface area contributed by atoms with Gasteiger partial charge in [-0.15, -0.1) is 11.8 Å². The molecule has 0 bridgehead atoms. The van der Waals surface area contributed by atoms with Gasteiger partial charge in [0.25, 0.3) is 0 Å². The largest absolute Gasteiger partial charge is 0.298 e. The lowest BCUT2D eigenvalue weighted by atomic mass is 10.1. The van der Waals surface area contributed by atoms with Crippen molar-refractivity contribution in [3.8, 4) is 0 Å². The monoisotopic (exact) mass is 306 g/mol. The van der Waals surface area contributed by atoms with Gasteiger partial charge >= 0.3 is 0 Å². The van der Waals surface area contributed by atoms with E-state index in [1.165, 1.54) is 0 Å². The maximum absolute atomic E-state index is 12.1. The Hall–Kier alpha value is 0.170. The van der Waals surface area contributed by atoms with Crippen molar-refractivity contribution in [1.29, 1.82) is 0 Å². The first-order valence-corrected chi connectivity index (χ1v) is 8.29. The smallest absolute Gasteiger partial charge is 0.151 e. The van der Waals surface area contributed by atoms with Crippen molar-refractivity contribution < 1.29 is 4.79 Å². The second-order valence-corrected chi connectivity index (χ2v) is 7.05. The highest BCUT2D eigenvalue weighted by atomic mass is 35.5. The second-order valence-electron chi connectivity index (χ2n) is 3.78. The molecule has 1 fully saturated rings. The number of hydrogen-bond acceptors (Lipinski definition) is 3. The lowest BCUT2D eigenvalue weighted by Crippen LogP contribution is -2.25. The Morgan fingerprint density at radius 3 is 2.59 bits per heavy atom. The van der Waals surface area contributed by atoms with Crippen molar-refractivity contribution in [2.45, 2.75) is 11.7 Å². The molecule has 1 aliphatic rings. The number of thioether (sulfide) groups is 2. The summed E-state index contributed by atoms with van der Waals surface area (Å²) in [6, 6.07) is 5.35. The molecule has 1 heterocycles. The topological polar surface area (TPSA) is 17.1 Å². The first kappa shape index (κ1) is 13.6. The van der Waals surface area contributed by atoms with Gasteiger partial charge in [0, 0.05) is 33.7 Å². The van der Waals surface area contributed by atoms with Crippen molar-refractivity contribution in [1.82, 2.24) is 0 Å². The normalized spacial score (nSPS) is 20.2. The van der Waals surface area contributed by atoms with Crippen LogP contribution in [0.25, 0.3) is 0 Å². The van der Waals surface area contributed by atoms with E-state index in [1.54, 1.807) is 30.0 Å². The molecule has 0 saturated carbocycles. The van der Waals surface area contributed by atoms with Crippen molar-refractivity contribution in [2.24, 2.45) is 0 Å². The highest BCUT2D eigenvalue weighted by Crippen LogP contribution is 2.29. The third kappa shape index (κ3) is 3.57. The summed E-state index contributed by atoms with van der Waals surface area (Å²) < 4.78 is 0. The predicted octanol–water partition coefficient (Wildman–Crippen LogP) is 3.95. The number of rotatable bonds is 3. The average molecular weight is 307 g/mol. The fourth-order valence-corrected chi connectivity index (χ4v) is 4.84. The molecule has 1 nitrogen and oxygen atoms in total. The van der Waals surface area contributed by atoms with E-state index < -0.39 is 0 Å². The number of Topliss-reactive ketones (excluding diaryl/α,β-unsaturated/α-hetero) is 1. The molecule has 1 saturated heterocycles. The molecule has 1 unspecified atom stereocenters. The zero-order valence-electron chi connectivity index (χ0n) is 9.12. The Labute approximate surface area is 120 Å². The molecule has 1 atom stereocenters. The molecular weight excluding hydrogens is 295 g/mol. The molecule has 17 heavy (non-hydrogen) atoms. The summed E-state index contributed by atoms with van der Waals surface area (Å²) in [6.07, 6.45) is 0.344. The van der Waals surface area contributed by atoms with E-state index in [9.17, 15) is 4.79 Å². The number of ketones is 1. The molecule has 5 heteroatoms. The Balaban J connectivity index is 2.07. The quantitative estimate of drug-likeness (QED) is 0.841. The van der Waals surface area contributed by atoms with Gasteiger partial charge in [0.2, 0.25) is 0 Å². The molecular formula is C12H12Cl2OS2. The molecule has 92 valence electrons. The van der Waals surface area contributed by atoms with Gasteiger partial charge in [0.05, 0.1) is 5.25 Å². The maximum atomic E-state index is 12.1. The lowest BCUT2D eigenvalue weighted by molar-refractivity contribution is -0.117. The van der Waals surface area contributed by atoms with Crippen LogP contribution in [0.5, 0.6) is 0 Å². The van der Waals surface area contributed by atoms with Crippen molar-refractivity contribution in [2.75, 3.05) is 17.3 Å². The number of carbonyl (C=O) groups excluding carboxylic acids is 1. The molecule has 0 spiro atoms. The van der Waals surface area contributed by atoms with Gasteiger partial charge < -0.3 is 0 Å². The van der Waals surface area contributed by atoms with Gasteiger partial charge in [-0.25, -0.2) is 0 Å². The molecule has 0 aromatic heterocycles. The third-order valence-corrected chi connectivity index (χ3v) is 6.10. The van der Waals surface area contributed by atoms with E-state index in [0.29, 0.717) is 16.5 Å². The molecule has 2 rings (SSSR count). The van der Waals surface area contributed by atoms with Crippen LogP contribution in [0.2, 0.25) is 10.0 Å². The van der Waals surface area contributed by atoms with Crippen LogP contribution < -0.4 is 0 Å². The summed E-state index contributed by atoms with van der Waals surface area (Å²) in [7, 11) is 0. The van der Waals surface area contributed by atoms with Gasteiger partial charge in [-0.2, -0.15) is 11.8 Å². The van der Waals surface area contributed by atoms with E-state index in [-0.39, 0.29) is 11.0 Å². The molecule has 1 aromatic carbocycles. The van der Waals surface area contributed by atoms with Gasteiger partial charge in [0.1, 0.15) is 0 Å². The number of hydrogen-bond donors (Lipinski definition) is 0. The predicted molar refractivity (Wildman–Crippen MR) is 78.7 cm³/mol. The summed E-state index contributed by atoms with van der Waals surface area (Å²) in [5.74, 6) is 3.33. The Morgan fingerprint density at radius 2 is 2.00 bits per heavy atom. The number of halogens is 2. The van der Waals surface area contributed by atoms with Gasteiger partial charge in [-0.3, -0.25) is 4.79 Å². The summed E-state index contributed by atoms with van der Waals surface area (Å²) in [4.78, 5) is 12.1. The minimum Gasteiger partial charge on any atom is -0.298 e. The van der Waals surface area contributed by atoms with Crippen molar-refractivity contribution in [3.63, 3.8) is 0 Å². The average Bonchev–Trinajstić information content (AvgIpc) is 2.35. The molecule has 0 N–H and O–H groups in total. The lowest BCUT2D eigenvalue weighted by Gasteiger charge is -2.20. The molecule has 0 radical (unpaired) electrons. The second kappa shape index (κ2) is 6.37. The van der Waals surface area contributed by atoms with Crippen LogP contribution in [-0.4, -0.2) is 28.3 Å². The zero-order chi connectivity index (χ0) is 12.3. The Morgan fingerprint density at radius 1 is 1.29 bits per heavy atom. The molecule has 0 amide bonds. The summed E-state index contributed by atoms with van der Waals surface area (Å²) >= 11 is 15.7. The third-order valence-electron chi connectivity index (χ3n) is 2.59. The first-order valence-electron chi connectivity index (χ1n) is 5.33. The fraction of sp³-hybridized carbons (Fsp3) is 0.417. The van der Waals surface area contributed by atoms with E-state index in [4.69, 9.17) is 23.2 Å². The van der Waals surface area contributed by atoms with Crippen molar-refractivity contribution >= 4 is 52.5 Å². The molecule has 1 aliphatic heterocycles. The highest BCUT2D eigenvalue weighted by Gasteiger charge is 2.23. The fourth-order valence-electron chi connectivity index (χ4n) is 1.66. The first-order chi connectivity index (χ1) is 8.18. The summed E-state index contributed by atoms with van der Waals surface area (Å²) in [6.45, 7) is 0. The minimum atomic E-state index is 0.0982. The van der Waals surface area contributed by atoms with Crippen LogP contribution in [0.1, 0.15) is 5.56 Å². The van der Waals surface area contributed by atoms with Crippen LogP contribution in [0, 0.1) is 0 Å². The van der Waals surface area contributed by atoms with Gasteiger partial charge in [-0.1, -0.05) is 29.3 Å². The van der Waals surface area contributed by atoms with Crippen LogP contribution in [-0.2, 0) is 11.2 Å². The van der Waals surface area contributed by atoms with E-state index >= 15 is 0 Å². The number of carbonyl (C=O) groups is 1. The molecule has 0 aliphatic carbocycles. The van der Waals surface area contributed by atoms with Crippen LogP contribution in [0.3, 0.4) is 0 Å². The zero-order valence-corrected chi connectivity index (χ0v) is 12.3. The number of benzene rings is 1. The summed E-state index contributed by atoms with van der Waals surface area (Å²) in [5.41, 5.74) is 0.761. The van der Waals surface area contributed by atoms with E-state index in [1.807, 2.05) is 11.8 Å². The maximum Gasteiger partial charge on any atom is 0.151 e. The van der Waals surface area contributed by atoms with Crippen molar-refractivity contribution in [3.05, 3.63) is 33.8 Å². The Kier molecular flexibility index (Phi) is 5.10. The highest BCUT2D eigenvalue weighted by molar-refractivity contribution is 8.07. The minimum absolute atomic E-state index is 0.0982. The van der Waals surface area contributed by atoms with Crippen LogP contribution in [0.15, 0.2) is 18.2 Å². The van der Waals surface area contributed by atoms with Crippen LogP contribution >= 0.6 is 46.7 Å². The molecule has 1 aromatic rings. The van der Waals surface area contributed by atoms with E-state index in [2.05, 4.69) is 0 Å². The van der Waals surface area contributed by atoms with Gasteiger partial charge in [-0.05, 0) is 17.7 Å². The van der Waals surface area contributed by atoms with Gasteiger partial charge in [0.15, 0.2) is 5.78 Å². The van der Waals surface area contributed by atoms with E-state index in [0.717, 1.165) is 22.8 Å². The van der Waals surface area contributed by atoms with Crippen LogP contribution in [0.4, 0.5) is 0 Å². The summed E-state index contributed by atoms with van der Waals surface area (Å²) in [5, 5.41) is 1.26. The SMILES string of the molecule is O=C(Cc1c(Cl)cccc1Cl)C1CSCCS1. The standard InChI is InChI=1S/C12H12Cl2OS2/c13-9-2-1-3-10(14)8(9)6-11(15)12-7-16-4-5-17-12/h1-3,12H,4-7H2. The Bertz CT molecular complexity index is 397.